The van der Waals surface area contributed by atoms with Crippen molar-refractivity contribution >= 4 is 40.8 Å². The van der Waals surface area contributed by atoms with Crippen LogP contribution in [0.3, 0.4) is 0 Å². The van der Waals surface area contributed by atoms with Crippen LogP contribution in [0.25, 0.3) is 22.4 Å². The largest absolute Gasteiger partial charge is 0.351 e. The summed E-state index contributed by atoms with van der Waals surface area (Å²) in [5, 5.41) is 7.39. The van der Waals surface area contributed by atoms with Crippen molar-refractivity contribution in [2.75, 3.05) is 13.1 Å². The molecule has 3 rings (SSSR count). The molecule has 0 spiro atoms. The zero-order chi connectivity index (χ0) is 16.6. The van der Waals surface area contributed by atoms with Crippen molar-refractivity contribution in [3.63, 3.8) is 0 Å². The van der Waals surface area contributed by atoms with E-state index in [2.05, 4.69) is 21.5 Å². The van der Waals surface area contributed by atoms with E-state index in [9.17, 15) is 4.79 Å². The molecule has 3 aromatic heterocycles. The van der Waals surface area contributed by atoms with Gasteiger partial charge < -0.3 is 15.6 Å². The minimum absolute atomic E-state index is 0. The number of aromatic nitrogens is 2. The second kappa shape index (κ2) is 7.29. The fraction of sp³-hybridized carbons (Fsp3) is 0.312. The predicted molar refractivity (Wildman–Crippen MR) is 98.0 cm³/mol. The van der Waals surface area contributed by atoms with E-state index >= 15 is 0 Å². The molecule has 1 amide bonds. The van der Waals surface area contributed by atoms with Gasteiger partial charge >= 0.3 is 0 Å². The first-order valence-electron chi connectivity index (χ1n) is 7.34. The Balaban J connectivity index is 0.00000208. The molecule has 0 unspecified atom stereocenters. The molecular formula is C16H19ClN4O2S. The van der Waals surface area contributed by atoms with Crippen LogP contribution < -0.4 is 11.1 Å². The Morgan fingerprint density at radius 1 is 1.33 bits per heavy atom. The molecule has 0 aliphatic rings. The van der Waals surface area contributed by atoms with E-state index < -0.39 is 0 Å². The quantitative estimate of drug-likeness (QED) is 0.740. The van der Waals surface area contributed by atoms with Gasteiger partial charge in [-0.3, -0.25) is 4.79 Å². The molecule has 0 bridgehead atoms. The zero-order valence-electron chi connectivity index (χ0n) is 13.7. The first kappa shape index (κ1) is 18.4. The Labute approximate surface area is 149 Å². The molecule has 0 radical (unpaired) electrons. The Bertz CT molecular complexity index is 888. The molecule has 3 aromatic rings. The van der Waals surface area contributed by atoms with Crippen LogP contribution in [-0.2, 0) is 0 Å². The number of nitrogens with zero attached hydrogens (tertiary/aromatic N) is 2. The van der Waals surface area contributed by atoms with Gasteiger partial charge in [0.05, 0.1) is 22.3 Å². The summed E-state index contributed by atoms with van der Waals surface area (Å²) in [5.74, 6) is -0.194. The van der Waals surface area contributed by atoms with Gasteiger partial charge in [-0.1, -0.05) is 5.16 Å². The molecule has 128 valence electrons. The molecule has 6 nitrogen and oxygen atoms in total. The summed E-state index contributed by atoms with van der Waals surface area (Å²) in [6, 6.07) is 3.87. The van der Waals surface area contributed by atoms with Crippen molar-refractivity contribution < 1.29 is 9.32 Å². The molecule has 0 fully saturated rings. The summed E-state index contributed by atoms with van der Waals surface area (Å²) < 4.78 is 5.29. The van der Waals surface area contributed by atoms with Gasteiger partial charge in [0.2, 0.25) is 0 Å². The lowest BCUT2D eigenvalue weighted by atomic mass is 10.1. The van der Waals surface area contributed by atoms with Crippen molar-refractivity contribution in [1.82, 2.24) is 15.5 Å². The molecule has 3 N–H and O–H groups in total. The van der Waals surface area contributed by atoms with Crippen LogP contribution in [0.15, 0.2) is 16.7 Å². The van der Waals surface area contributed by atoms with Crippen molar-refractivity contribution in [3.05, 3.63) is 33.1 Å². The highest BCUT2D eigenvalue weighted by molar-refractivity contribution is 7.12. The number of pyridine rings is 1. The highest BCUT2D eigenvalue weighted by Gasteiger charge is 2.20. The summed E-state index contributed by atoms with van der Waals surface area (Å²) in [5.41, 5.74) is 8.73. The maximum Gasteiger partial charge on any atom is 0.259 e. The van der Waals surface area contributed by atoms with Crippen molar-refractivity contribution in [2.45, 2.75) is 20.8 Å². The van der Waals surface area contributed by atoms with Gasteiger partial charge in [-0.2, -0.15) is 0 Å². The van der Waals surface area contributed by atoms with Crippen LogP contribution >= 0.6 is 23.7 Å². The normalized spacial score (nSPS) is 10.7. The topological polar surface area (TPSA) is 94.0 Å². The smallest absolute Gasteiger partial charge is 0.259 e. The third kappa shape index (κ3) is 3.28. The summed E-state index contributed by atoms with van der Waals surface area (Å²) in [6.07, 6.45) is 0. The van der Waals surface area contributed by atoms with Gasteiger partial charge in [0.1, 0.15) is 0 Å². The van der Waals surface area contributed by atoms with Crippen LogP contribution in [0.5, 0.6) is 0 Å². The molecule has 8 heteroatoms. The molecule has 0 aliphatic heterocycles. The Morgan fingerprint density at radius 3 is 2.71 bits per heavy atom. The van der Waals surface area contributed by atoms with E-state index in [1.165, 1.54) is 4.88 Å². The lowest BCUT2D eigenvalue weighted by Crippen LogP contribution is -2.29. The molecule has 0 saturated carbocycles. The first-order valence-corrected chi connectivity index (χ1v) is 8.15. The van der Waals surface area contributed by atoms with Gasteiger partial charge in [-0.15, -0.1) is 23.7 Å². The molecule has 0 atom stereocenters. The van der Waals surface area contributed by atoms with E-state index in [0.717, 1.165) is 10.4 Å². The Kier molecular flexibility index (Phi) is 5.58. The number of thiophene rings is 1. The summed E-state index contributed by atoms with van der Waals surface area (Å²) >= 11 is 1.70. The van der Waals surface area contributed by atoms with Crippen LogP contribution in [0.2, 0.25) is 0 Å². The standard InChI is InChI=1S/C16H18N4O2S.ClH/c1-8-6-11(10(3)23-8)13-7-12(15(21)18-5-4-17)14-9(2)20-22-16(14)19-13;/h6-7H,4-5,17H2,1-3H3,(H,18,21);1H. The Morgan fingerprint density at radius 2 is 2.08 bits per heavy atom. The third-order valence-electron chi connectivity index (χ3n) is 3.61. The average molecular weight is 367 g/mol. The number of hydrogen-bond acceptors (Lipinski definition) is 6. The predicted octanol–water partition coefficient (Wildman–Crippen LogP) is 2.99. The lowest BCUT2D eigenvalue weighted by molar-refractivity contribution is 0.0956. The number of carbonyl (C=O) groups is 1. The molecule has 0 saturated heterocycles. The maximum absolute atomic E-state index is 12.5. The number of halogens is 1. The minimum atomic E-state index is -0.194. The number of hydrogen-bond donors (Lipinski definition) is 2. The maximum atomic E-state index is 12.5. The van der Waals surface area contributed by atoms with Crippen LogP contribution in [-0.4, -0.2) is 29.1 Å². The van der Waals surface area contributed by atoms with Crippen LogP contribution in [0, 0.1) is 20.8 Å². The van der Waals surface area contributed by atoms with Crippen LogP contribution in [0.1, 0.15) is 25.8 Å². The molecule has 0 aliphatic carbocycles. The van der Waals surface area contributed by atoms with Gasteiger partial charge in [0.25, 0.3) is 11.6 Å². The Hall–Kier alpha value is -1.96. The lowest BCUT2D eigenvalue weighted by Gasteiger charge is -2.07. The molecule has 24 heavy (non-hydrogen) atoms. The van der Waals surface area contributed by atoms with Gasteiger partial charge in [-0.05, 0) is 32.9 Å². The van der Waals surface area contributed by atoms with E-state index in [1.54, 1.807) is 24.3 Å². The highest BCUT2D eigenvalue weighted by Crippen LogP contribution is 2.32. The third-order valence-corrected chi connectivity index (χ3v) is 4.57. The highest BCUT2D eigenvalue weighted by atomic mass is 35.5. The number of carbonyl (C=O) groups excluding carboxylic acids is 1. The second-order valence-electron chi connectivity index (χ2n) is 5.37. The number of nitrogens with two attached hydrogens (primary N) is 1. The van der Waals surface area contributed by atoms with Crippen LogP contribution in [0.4, 0.5) is 0 Å². The minimum Gasteiger partial charge on any atom is -0.351 e. The number of nitrogens with one attached hydrogen (secondary N) is 1. The summed E-state index contributed by atoms with van der Waals surface area (Å²) in [6.45, 7) is 6.69. The molecule has 0 aromatic carbocycles. The first-order chi connectivity index (χ1) is 11.0. The number of rotatable bonds is 4. The van der Waals surface area contributed by atoms with Gasteiger partial charge in [0.15, 0.2) is 0 Å². The van der Waals surface area contributed by atoms with Crippen molar-refractivity contribution in [1.29, 1.82) is 0 Å². The fourth-order valence-corrected chi connectivity index (χ4v) is 3.51. The number of aryl methyl sites for hydroxylation is 3. The van der Waals surface area contributed by atoms with E-state index in [-0.39, 0.29) is 18.3 Å². The number of amides is 1. The second-order valence-corrected chi connectivity index (χ2v) is 6.84. The summed E-state index contributed by atoms with van der Waals surface area (Å²) in [4.78, 5) is 19.4. The van der Waals surface area contributed by atoms with Crippen molar-refractivity contribution in [2.24, 2.45) is 5.73 Å². The zero-order valence-corrected chi connectivity index (χ0v) is 15.3. The number of fused-ring (bicyclic) bond motifs is 1. The SMILES string of the molecule is Cc1cc(-c2cc(C(=O)NCCN)c3c(C)noc3n2)c(C)s1.Cl. The fourth-order valence-electron chi connectivity index (χ4n) is 2.58. The van der Waals surface area contributed by atoms with Crippen molar-refractivity contribution in [3.8, 4) is 11.3 Å². The molecule has 3 heterocycles. The average Bonchev–Trinajstić information content (AvgIpc) is 3.06. The van der Waals surface area contributed by atoms with Gasteiger partial charge in [0, 0.05) is 28.4 Å². The van der Waals surface area contributed by atoms with E-state index in [0.29, 0.717) is 41.1 Å². The van der Waals surface area contributed by atoms with E-state index in [4.69, 9.17) is 10.3 Å². The van der Waals surface area contributed by atoms with Gasteiger partial charge in [-0.25, -0.2) is 4.98 Å². The molecular weight excluding hydrogens is 348 g/mol. The monoisotopic (exact) mass is 366 g/mol. The van der Waals surface area contributed by atoms with E-state index in [1.807, 2.05) is 13.8 Å². The summed E-state index contributed by atoms with van der Waals surface area (Å²) in [7, 11) is 0.